The van der Waals surface area contributed by atoms with Crippen molar-refractivity contribution in [1.82, 2.24) is 10.6 Å². The second kappa shape index (κ2) is 23.4. The quantitative estimate of drug-likeness (QED) is 0.0699. The molecule has 0 spiro atoms. The minimum atomic E-state index is -4.41. The second-order valence-corrected chi connectivity index (χ2v) is 13.0. The van der Waals surface area contributed by atoms with Crippen LogP contribution in [0, 0.1) is 5.82 Å². The van der Waals surface area contributed by atoms with Crippen molar-refractivity contribution in [3.8, 4) is 11.5 Å². The Morgan fingerprint density at radius 2 is 0.915 bits per heavy atom. The first kappa shape index (κ1) is 47.4. The van der Waals surface area contributed by atoms with E-state index < -0.39 is 54.0 Å². The molecule has 0 bridgehead atoms. The Morgan fingerprint density at radius 1 is 0.576 bits per heavy atom. The fourth-order valence-corrected chi connectivity index (χ4v) is 5.27. The van der Waals surface area contributed by atoms with E-state index in [1.54, 1.807) is 88.4 Å². The second-order valence-electron chi connectivity index (χ2n) is 13.0. The highest BCUT2D eigenvalue weighted by Crippen LogP contribution is 2.29. The van der Waals surface area contributed by atoms with Gasteiger partial charge in [0.25, 0.3) is 11.8 Å². The Morgan fingerprint density at radius 3 is 1.24 bits per heavy atom. The lowest BCUT2D eigenvalue weighted by atomic mass is 10.1. The Labute approximate surface area is 339 Å². The van der Waals surface area contributed by atoms with Crippen molar-refractivity contribution < 1.29 is 65.9 Å². The first-order valence-electron chi connectivity index (χ1n) is 18.6. The zero-order valence-corrected chi connectivity index (χ0v) is 33.0. The summed E-state index contributed by atoms with van der Waals surface area (Å²) in [5.41, 5.74) is 2.10. The van der Waals surface area contributed by atoms with Crippen LogP contribution in [0.5, 0.6) is 11.5 Å². The smallest absolute Gasteiger partial charge is 0.416 e. The third-order valence-electron chi connectivity index (χ3n) is 8.47. The minimum Gasteiger partial charge on any atom is -0.481 e. The molecule has 4 N–H and O–H groups in total. The highest BCUT2D eigenvalue weighted by Gasteiger charge is 2.30. The van der Waals surface area contributed by atoms with Crippen LogP contribution in [0.4, 0.5) is 17.6 Å². The van der Waals surface area contributed by atoms with Gasteiger partial charge in [0.1, 0.15) is 17.3 Å². The molecule has 0 aliphatic rings. The lowest BCUT2D eigenvalue weighted by Crippen LogP contribution is -2.35. The maximum absolute atomic E-state index is 12.9. The van der Waals surface area contributed by atoms with E-state index in [0.29, 0.717) is 23.7 Å². The van der Waals surface area contributed by atoms with E-state index in [1.807, 2.05) is 0 Å². The molecule has 0 fully saturated rings. The molecular weight excluding hydrogens is 780 g/mol. The van der Waals surface area contributed by atoms with Gasteiger partial charge in [-0.25, -0.2) is 14.0 Å². The van der Waals surface area contributed by atoms with Crippen LogP contribution in [0.2, 0.25) is 0 Å². The van der Waals surface area contributed by atoms with Gasteiger partial charge in [-0.1, -0.05) is 48.5 Å². The van der Waals surface area contributed by atoms with Crippen LogP contribution in [0.1, 0.15) is 55.5 Å². The number of hydrogen-bond donors (Lipinski definition) is 4. The first-order valence-corrected chi connectivity index (χ1v) is 18.6. The number of hydrogen-bond acceptors (Lipinski definition) is 8. The summed E-state index contributed by atoms with van der Waals surface area (Å²) < 4.78 is 72.2. The number of carboxylic acid groups (broad SMARTS) is 2. The van der Waals surface area contributed by atoms with Gasteiger partial charge < -0.3 is 39.8 Å². The van der Waals surface area contributed by atoms with Gasteiger partial charge in [0.05, 0.1) is 5.56 Å². The molecular formula is C43H48F4N2O10. The van der Waals surface area contributed by atoms with Gasteiger partial charge in [-0.15, -0.1) is 0 Å². The van der Waals surface area contributed by atoms with Crippen LogP contribution in [0.15, 0.2) is 97.1 Å². The molecule has 4 atom stereocenters. The molecule has 0 radical (unpaired) electrons. The molecule has 12 nitrogen and oxygen atoms in total. The van der Waals surface area contributed by atoms with Crippen molar-refractivity contribution in [2.75, 3.05) is 13.2 Å². The van der Waals surface area contributed by atoms with Crippen LogP contribution in [0.25, 0.3) is 0 Å². The monoisotopic (exact) mass is 828 g/mol. The maximum atomic E-state index is 12.9. The van der Waals surface area contributed by atoms with Crippen molar-refractivity contribution in [3.05, 3.63) is 131 Å². The molecule has 0 saturated heterocycles. The Bertz CT molecular complexity index is 1920. The molecule has 0 heterocycles. The van der Waals surface area contributed by atoms with Crippen molar-refractivity contribution >= 4 is 23.8 Å². The SMILES string of the molecule is CCOC(Cc1ccc(OC(C)C(=O)NCc2ccc(C(F)(F)F)cc2)cc1)C(=O)O.CCO[C@@H](Cc1ccc(O[C@H](C)C(=O)NCc2ccc(F)cc2)cc1)C(=O)O. The normalized spacial score (nSPS) is 13.1. The molecule has 4 rings (SSSR count). The summed E-state index contributed by atoms with van der Waals surface area (Å²) in [6, 6.07) is 23.9. The fraction of sp³-hybridized carbons (Fsp3) is 0.349. The number of carboxylic acids is 2. The summed E-state index contributed by atoms with van der Waals surface area (Å²) in [5, 5.41) is 23.6. The lowest BCUT2D eigenvalue weighted by Gasteiger charge is -2.16. The fourth-order valence-electron chi connectivity index (χ4n) is 5.27. The minimum absolute atomic E-state index is 0.0671. The molecule has 59 heavy (non-hydrogen) atoms. The summed E-state index contributed by atoms with van der Waals surface area (Å²) in [4.78, 5) is 46.7. The lowest BCUT2D eigenvalue weighted by molar-refractivity contribution is -0.150. The molecule has 16 heteroatoms. The number of nitrogens with one attached hydrogen (secondary N) is 2. The van der Waals surface area contributed by atoms with Crippen LogP contribution >= 0.6 is 0 Å². The number of ether oxygens (including phenoxy) is 4. The Hall–Kier alpha value is -6.00. The molecule has 2 unspecified atom stereocenters. The Kier molecular flexibility index (Phi) is 18.8. The number of amides is 2. The predicted molar refractivity (Wildman–Crippen MR) is 208 cm³/mol. The summed E-state index contributed by atoms with van der Waals surface area (Å²) >= 11 is 0. The van der Waals surface area contributed by atoms with E-state index in [1.165, 1.54) is 24.3 Å². The third-order valence-corrected chi connectivity index (χ3v) is 8.47. The van der Waals surface area contributed by atoms with E-state index >= 15 is 0 Å². The van der Waals surface area contributed by atoms with Crippen LogP contribution in [0.3, 0.4) is 0 Å². The average molecular weight is 829 g/mol. The van der Waals surface area contributed by atoms with E-state index in [4.69, 9.17) is 29.2 Å². The van der Waals surface area contributed by atoms with E-state index in [9.17, 15) is 36.7 Å². The predicted octanol–water partition coefficient (Wildman–Crippen LogP) is 6.76. The topological polar surface area (TPSA) is 170 Å². The molecule has 318 valence electrons. The molecule has 0 saturated carbocycles. The van der Waals surface area contributed by atoms with E-state index in [-0.39, 0.29) is 44.3 Å². The van der Waals surface area contributed by atoms with Crippen molar-refractivity contribution in [2.24, 2.45) is 0 Å². The van der Waals surface area contributed by atoms with Crippen LogP contribution in [-0.2, 0) is 60.8 Å². The van der Waals surface area contributed by atoms with E-state index in [2.05, 4.69) is 10.6 Å². The highest BCUT2D eigenvalue weighted by molar-refractivity contribution is 5.81. The van der Waals surface area contributed by atoms with Crippen LogP contribution < -0.4 is 20.1 Å². The summed E-state index contributed by atoms with van der Waals surface area (Å²) in [6.45, 7) is 7.60. The van der Waals surface area contributed by atoms with Gasteiger partial charge in [-0.2, -0.15) is 13.2 Å². The van der Waals surface area contributed by atoms with Gasteiger partial charge >= 0.3 is 18.1 Å². The molecule has 2 amide bonds. The number of alkyl halides is 3. The maximum Gasteiger partial charge on any atom is 0.416 e. The number of carbonyl (C=O) groups excluding carboxylic acids is 2. The summed E-state index contributed by atoms with van der Waals surface area (Å²) in [6.07, 6.45) is -7.35. The van der Waals surface area contributed by atoms with Crippen LogP contribution in [-0.4, -0.2) is 71.6 Å². The van der Waals surface area contributed by atoms with Gasteiger partial charge in [0, 0.05) is 39.1 Å². The average Bonchev–Trinajstić information content (AvgIpc) is 3.20. The van der Waals surface area contributed by atoms with Crippen molar-refractivity contribution in [1.29, 1.82) is 0 Å². The molecule has 0 aliphatic carbocycles. The van der Waals surface area contributed by atoms with Gasteiger partial charge in [-0.05, 0) is 98.5 Å². The summed E-state index contributed by atoms with van der Waals surface area (Å²) in [7, 11) is 0. The largest absolute Gasteiger partial charge is 0.481 e. The van der Waals surface area contributed by atoms with Gasteiger partial charge in [0.2, 0.25) is 0 Å². The number of benzene rings is 4. The third kappa shape index (κ3) is 16.8. The number of aliphatic carboxylic acids is 2. The van der Waals surface area contributed by atoms with Crippen molar-refractivity contribution in [2.45, 2.75) is 84.2 Å². The van der Waals surface area contributed by atoms with E-state index in [0.717, 1.165) is 28.8 Å². The number of halogens is 4. The summed E-state index contributed by atoms with van der Waals surface area (Å²) in [5.74, 6) is -2.18. The molecule has 4 aromatic carbocycles. The standard InChI is InChI=1S/C22H24F3NO5.C21H24FNO5/c1-3-30-19(21(28)29)12-15-6-10-18(11-7-15)31-14(2)20(27)26-13-16-4-8-17(9-5-16)22(23,24)25;1-3-27-19(21(25)26)12-15-6-10-18(11-7-15)28-14(2)20(24)23-13-16-4-8-17(22)9-5-16/h4-11,14,19H,3,12-13H2,1-2H3,(H,26,27)(H,28,29);4-11,14,19H,3,12-13H2,1-2H3,(H,23,24)(H,25,26)/t;14-,19+/m.1/s1. The van der Waals surface area contributed by atoms with Gasteiger partial charge in [-0.3, -0.25) is 9.59 Å². The first-order chi connectivity index (χ1) is 28.0. The Balaban J connectivity index is 0.000000317. The molecule has 4 aromatic rings. The van der Waals surface area contributed by atoms with Gasteiger partial charge in [0.15, 0.2) is 24.4 Å². The number of rotatable bonds is 20. The zero-order valence-electron chi connectivity index (χ0n) is 33.0. The zero-order chi connectivity index (χ0) is 43.5. The van der Waals surface area contributed by atoms with Crippen molar-refractivity contribution in [3.63, 3.8) is 0 Å². The highest BCUT2D eigenvalue weighted by atomic mass is 19.4. The molecule has 0 aliphatic heterocycles. The molecule has 0 aromatic heterocycles. The number of carbonyl (C=O) groups is 4.